The quantitative estimate of drug-likeness (QED) is 0.528. The minimum atomic E-state index is -6.31. The molecule has 0 atom stereocenters. The van der Waals surface area contributed by atoms with Crippen LogP contribution in [0, 0.1) is 0 Å². The van der Waals surface area contributed by atoms with Crippen molar-refractivity contribution in [2.24, 2.45) is 0 Å². The van der Waals surface area contributed by atoms with Crippen LogP contribution >= 0.6 is 0 Å². The zero-order chi connectivity index (χ0) is 10.2. The molecule has 0 aromatic heterocycles. The molecule has 0 aliphatic heterocycles. The van der Waals surface area contributed by atoms with Crippen molar-refractivity contribution in [2.75, 3.05) is 0 Å². The SMILES string of the molecule is [CH3][Ge]([CH](F)F)([CH](F)F)[C](F)(F)F. The number of rotatable bonds is 2. The molecule has 0 radical (unpaired) electrons. The standard InChI is InChI=1S/C4H5F7Ge/c1-12(2(5)6,3(7)8)4(9,10)11/h2-3H,1H3. The van der Waals surface area contributed by atoms with Crippen molar-refractivity contribution < 1.29 is 30.7 Å². The second-order valence-corrected chi connectivity index (χ2v) is 10.8. The van der Waals surface area contributed by atoms with Crippen molar-refractivity contribution in [3.63, 3.8) is 0 Å². The fourth-order valence-corrected chi connectivity index (χ4v) is 1.78. The van der Waals surface area contributed by atoms with Crippen molar-refractivity contribution >= 4 is 13.3 Å². The Labute approximate surface area is 66.1 Å². The molecule has 0 fully saturated rings. The first-order valence-corrected chi connectivity index (χ1v) is 8.34. The van der Waals surface area contributed by atoms with Crippen molar-refractivity contribution in [1.82, 2.24) is 0 Å². The van der Waals surface area contributed by atoms with Crippen LogP contribution in [-0.4, -0.2) is 28.8 Å². The van der Waals surface area contributed by atoms with Gasteiger partial charge in [-0.2, -0.15) is 0 Å². The molecule has 0 aromatic rings. The second kappa shape index (κ2) is 3.43. The first kappa shape index (κ1) is 12.1. The Morgan fingerprint density at radius 3 is 1.17 bits per heavy atom. The summed E-state index contributed by atoms with van der Waals surface area (Å²) < 4.78 is 82.0. The summed E-state index contributed by atoms with van der Waals surface area (Å²) >= 11 is -6.31. The van der Waals surface area contributed by atoms with E-state index in [1.165, 1.54) is 0 Å². The molecule has 0 spiro atoms. The molecular formula is C4H5F7Ge. The third-order valence-electron chi connectivity index (χ3n) is 1.52. The van der Waals surface area contributed by atoms with Crippen LogP contribution in [0.4, 0.5) is 30.7 Å². The van der Waals surface area contributed by atoms with Gasteiger partial charge in [-0.3, -0.25) is 0 Å². The van der Waals surface area contributed by atoms with E-state index in [-0.39, 0.29) is 5.76 Å². The van der Waals surface area contributed by atoms with E-state index < -0.39 is 28.8 Å². The Morgan fingerprint density at radius 2 is 1.17 bits per heavy atom. The molecule has 0 rings (SSSR count). The molecule has 74 valence electrons. The van der Waals surface area contributed by atoms with Gasteiger partial charge in [-0.25, -0.2) is 0 Å². The van der Waals surface area contributed by atoms with Gasteiger partial charge in [0.15, 0.2) is 0 Å². The van der Waals surface area contributed by atoms with Gasteiger partial charge in [0.05, 0.1) is 0 Å². The normalized spacial score (nSPS) is 14.5. The van der Waals surface area contributed by atoms with E-state index in [9.17, 15) is 30.7 Å². The summed E-state index contributed by atoms with van der Waals surface area (Å²) in [5.74, 6) is -0.0185. The van der Waals surface area contributed by atoms with Crippen LogP contribution in [0.1, 0.15) is 0 Å². The second-order valence-electron chi connectivity index (χ2n) is 2.38. The Kier molecular flexibility index (Phi) is 3.44. The van der Waals surface area contributed by atoms with E-state index in [0.29, 0.717) is 0 Å². The summed E-state index contributed by atoms with van der Waals surface area (Å²) in [6.45, 7) is 0. The van der Waals surface area contributed by atoms with Crippen LogP contribution in [0.5, 0.6) is 0 Å². The summed E-state index contributed by atoms with van der Waals surface area (Å²) in [5.41, 5.74) is 0. The maximum atomic E-state index is 11.7. The van der Waals surface area contributed by atoms with Crippen LogP contribution in [0.25, 0.3) is 0 Å². The predicted molar refractivity (Wildman–Crippen MR) is 29.7 cm³/mol. The molecule has 0 heterocycles. The molecule has 8 heteroatoms. The zero-order valence-corrected chi connectivity index (χ0v) is 7.90. The van der Waals surface area contributed by atoms with Crippen molar-refractivity contribution in [2.45, 2.75) is 21.3 Å². The Hall–Kier alpha value is 0.0529. The van der Waals surface area contributed by atoms with Gasteiger partial charge in [-0.15, -0.1) is 0 Å². The van der Waals surface area contributed by atoms with Crippen molar-refractivity contribution in [3.8, 4) is 0 Å². The average Bonchev–Trinajstić information content (AvgIpc) is 1.82. The molecule has 0 N–H and O–H groups in total. The number of alkyl halides is 7. The van der Waals surface area contributed by atoms with E-state index in [2.05, 4.69) is 0 Å². The maximum absolute atomic E-state index is 11.7. The van der Waals surface area contributed by atoms with E-state index >= 15 is 0 Å². The van der Waals surface area contributed by atoms with Crippen LogP contribution in [0.3, 0.4) is 0 Å². The molecule has 0 bridgehead atoms. The van der Waals surface area contributed by atoms with Crippen LogP contribution in [0.15, 0.2) is 0 Å². The molecule has 0 saturated heterocycles. The van der Waals surface area contributed by atoms with Gasteiger partial charge in [0.1, 0.15) is 0 Å². The summed E-state index contributed by atoms with van der Waals surface area (Å²) in [7, 11) is 0. The Balaban J connectivity index is 4.89. The third kappa shape index (κ3) is 1.86. The predicted octanol–water partition coefficient (Wildman–Crippen LogP) is 2.78. The van der Waals surface area contributed by atoms with E-state index in [0.717, 1.165) is 0 Å². The topological polar surface area (TPSA) is 0 Å². The molecule has 0 nitrogen and oxygen atoms in total. The monoisotopic (exact) mass is 260 g/mol. The first-order valence-electron chi connectivity index (χ1n) is 2.77. The third-order valence-corrected chi connectivity index (χ3v) is 7.88. The first-order chi connectivity index (χ1) is 5.14. The molecule has 0 unspecified atom stereocenters. The van der Waals surface area contributed by atoms with E-state index in [1.54, 1.807) is 0 Å². The summed E-state index contributed by atoms with van der Waals surface area (Å²) in [6.07, 6.45) is 0. The zero-order valence-electron chi connectivity index (χ0n) is 5.80. The number of hydrogen-bond donors (Lipinski definition) is 0. The number of halogens is 7. The molecular weight excluding hydrogens is 254 g/mol. The van der Waals surface area contributed by atoms with Gasteiger partial charge in [-0.1, -0.05) is 0 Å². The Morgan fingerprint density at radius 1 is 0.917 bits per heavy atom. The van der Waals surface area contributed by atoms with E-state index in [4.69, 9.17) is 0 Å². The van der Waals surface area contributed by atoms with Gasteiger partial charge in [0.25, 0.3) is 0 Å². The number of hydrogen-bond acceptors (Lipinski definition) is 0. The van der Waals surface area contributed by atoms with Gasteiger partial charge in [-0.05, 0) is 0 Å². The minimum absolute atomic E-state index is 0.0185. The van der Waals surface area contributed by atoms with E-state index in [1.807, 2.05) is 0 Å². The molecule has 0 aliphatic rings. The van der Waals surface area contributed by atoms with Crippen molar-refractivity contribution in [3.05, 3.63) is 0 Å². The summed E-state index contributed by atoms with van der Waals surface area (Å²) in [5, 5.41) is -13.3. The van der Waals surface area contributed by atoms with Crippen LogP contribution in [0.2, 0.25) is 5.76 Å². The van der Waals surface area contributed by atoms with Gasteiger partial charge < -0.3 is 0 Å². The fraction of sp³-hybridized carbons (Fsp3) is 1.00. The molecule has 12 heavy (non-hydrogen) atoms. The van der Waals surface area contributed by atoms with Crippen LogP contribution in [-0.2, 0) is 0 Å². The van der Waals surface area contributed by atoms with Crippen LogP contribution < -0.4 is 0 Å². The molecule has 0 aliphatic carbocycles. The van der Waals surface area contributed by atoms with Gasteiger partial charge in [0, 0.05) is 0 Å². The summed E-state index contributed by atoms with van der Waals surface area (Å²) in [4.78, 5) is 0. The summed E-state index contributed by atoms with van der Waals surface area (Å²) in [6, 6.07) is 0. The Bertz CT molecular complexity index is 142. The molecule has 0 aromatic carbocycles. The van der Waals surface area contributed by atoms with Gasteiger partial charge in [0.2, 0.25) is 0 Å². The van der Waals surface area contributed by atoms with Crippen molar-refractivity contribution in [1.29, 1.82) is 0 Å². The fourth-order valence-electron chi connectivity index (χ4n) is 0.343. The molecule has 0 saturated carbocycles. The van der Waals surface area contributed by atoms with Gasteiger partial charge >= 0.3 is 65.3 Å². The average molecular weight is 259 g/mol. The molecule has 0 amide bonds.